The van der Waals surface area contributed by atoms with E-state index in [0.29, 0.717) is 21.5 Å². The predicted molar refractivity (Wildman–Crippen MR) is 118 cm³/mol. The number of benzene rings is 2. The minimum Gasteiger partial charge on any atom is -0.493 e. The number of ether oxygens (including phenoxy) is 3. The quantitative estimate of drug-likeness (QED) is 0.334. The molecule has 30 heavy (non-hydrogen) atoms. The highest BCUT2D eigenvalue weighted by Crippen LogP contribution is 2.31. The third-order valence-corrected chi connectivity index (χ3v) is 4.59. The van der Waals surface area contributed by atoms with E-state index in [2.05, 4.69) is 4.98 Å². The van der Waals surface area contributed by atoms with Crippen molar-refractivity contribution in [1.29, 1.82) is 0 Å². The average molecular weight is 444 g/mol. The van der Waals surface area contributed by atoms with E-state index in [1.54, 1.807) is 37.4 Å². The van der Waals surface area contributed by atoms with E-state index in [1.807, 2.05) is 36.4 Å². The number of methoxy groups -OCH3 is 1. The van der Waals surface area contributed by atoms with Crippen LogP contribution in [0.4, 0.5) is 0 Å². The van der Waals surface area contributed by atoms with Gasteiger partial charge in [-0.1, -0.05) is 41.4 Å². The molecule has 0 spiro atoms. The van der Waals surface area contributed by atoms with Crippen molar-refractivity contribution in [3.63, 3.8) is 0 Å². The molecule has 0 amide bonds. The Morgan fingerprint density at radius 1 is 1.00 bits per heavy atom. The molecule has 3 aromatic rings. The summed E-state index contributed by atoms with van der Waals surface area (Å²) in [5, 5.41) is 0.785. The van der Waals surface area contributed by atoms with Crippen molar-refractivity contribution in [2.24, 2.45) is 0 Å². The van der Waals surface area contributed by atoms with Crippen molar-refractivity contribution in [3.8, 4) is 17.2 Å². The van der Waals surface area contributed by atoms with Gasteiger partial charge in [-0.15, -0.1) is 0 Å². The molecule has 1 unspecified atom stereocenters. The molecule has 0 aliphatic heterocycles. The van der Waals surface area contributed by atoms with Crippen molar-refractivity contribution >= 4 is 41.3 Å². The van der Waals surface area contributed by atoms with Crippen LogP contribution in [0.2, 0.25) is 10.0 Å². The molecule has 0 radical (unpaired) electrons. The third kappa shape index (κ3) is 5.75. The fraction of sp³-hybridized carbons (Fsp3) is 0.130. The summed E-state index contributed by atoms with van der Waals surface area (Å²) in [6.07, 6.45) is 4.61. The van der Waals surface area contributed by atoms with Crippen LogP contribution in [0.3, 0.4) is 0 Å². The molecule has 1 aromatic heterocycles. The van der Waals surface area contributed by atoms with E-state index in [9.17, 15) is 4.79 Å². The minimum atomic E-state index is -0.892. The van der Waals surface area contributed by atoms with Gasteiger partial charge >= 0.3 is 5.97 Å². The van der Waals surface area contributed by atoms with Gasteiger partial charge in [0.15, 0.2) is 17.6 Å². The van der Waals surface area contributed by atoms with E-state index in [4.69, 9.17) is 37.4 Å². The number of halogens is 2. The second-order valence-electron chi connectivity index (χ2n) is 6.25. The molecular formula is C23H19Cl2NO4. The van der Waals surface area contributed by atoms with Crippen molar-refractivity contribution in [1.82, 2.24) is 4.98 Å². The Labute approximate surface area is 184 Å². The lowest BCUT2D eigenvalue weighted by Crippen LogP contribution is -2.28. The average Bonchev–Trinajstić information content (AvgIpc) is 2.75. The van der Waals surface area contributed by atoms with Crippen LogP contribution < -0.4 is 14.2 Å². The standard InChI is InChI=1S/C23H19Cl2NO4/c1-15(29-20-11-8-17(24)14-19(20)25)23(27)30-21-10-7-16(13-22(21)28-2)6-9-18-5-3-4-12-26-18/h3-15H,1-2H3/b9-6+. The molecule has 1 atom stereocenters. The van der Waals surface area contributed by atoms with E-state index in [0.717, 1.165) is 11.3 Å². The molecule has 154 valence electrons. The summed E-state index contributed by atoms with van der Waals surface area (Å²) < 4.78 is 16.4. The van der Waals surface area contributed by atoms with Crippen LogP contribution in [0, 0.1) is 0 Å². The lowest BCUT2D eigenvalue weighted by atomic mass is 10.1. The lowest BCUT2D eigenvalue weighted by Gasteiger charge is -2.16. The normalized spacial score (nSPS) is 11.9. The Hall–Kier alpha value is -3.02. The van der Waals surface area contributed by atoms with Gasteiger partial charge in [-0.3, -0.25) is 4.98 Å². The summed E-state index contributed by atoms with van der Waals surface area (Å²) in [6.45, 7) is 1.57. The monoisotopic (exact) mass is 443 g/mol. The van der Waals surface area contributed by atoms with Crippen molar-refractivity contribution in [3.05, 3.63) is 82.1 Å². The van der Waals surface area contributed by atoms with Crippen LogP contribution in [0.5, 0.6) is 17.2 Å². The smallest absolute Gasteiger partial charge is 0.352 e. The van der Waals surface area contributed by atoms with Gasteiger partial charge in [0.1, 0.15) is 5.75 Å². The maximum atomic E-state index is 12.5. The van der Waals surface area contributed by atoms with Gasteiger partial charge in [-0.05, 0) is 61.0 Å². The SMILES string of the molecule is COc1cc(/C=C/c2ccccn2)ccc1OC(=O)C(C)Oc1ccc(Cl)cc1Cl. The summed E-state index contributed by atoms with van der Waals surface area (Å²) in [4.78, 5) is 16.7. The summed E-state index contributed by atoms with van der Waals surface area (Å²) in [7, 11) is 1.51. The van der Waals surface area contributed by atoms with Crippen LogP contribution in [0.15, 0.2) is 60.8 Å². The molecule has 0 aliphatic carbocycles. The fourth-order valence-corrected chi connectivity index (χ4v) is 2.98. The Balaban J connectivity index is 1.69. The largest absolute Gasteiger partial charge is 0.493 e. The van der Waals surface area contributed by atoms with Crippen molar-refractivity contribution in [2.75, 3.05) is 7.11 Å². The second-order valence-corrected chi connectivity index (χ2v) is 7.10. The van der Waals surface area contributed by atoms with Gasteiger partial charge in [0.05, 0.1) is 17.8 Å². The van der Waals surface area contributed by atoms with Crippen LogP contribution in [-0.4, -0.2) is 24.2 Å². The molecule has 1 heterocycles. The predicted octanol–water partition coefficient (Wildman–Crippen LogP) is 5.94. The molecule has 0 N–H and O–H groups in total. The van der Waals surface area contributed by atoms with Gasteiger partial charge in [0, 0.05) is 11.2 Å². The van der Waals surface area contributed by atoms with E-state index in [-0.39, 0.29) is 5.75 Å². The van der Waals surface area contributed by atoms with Gasteiger partial charge in [0.25, 0.3) is 0 Å². The number of rotatable bonds is 7. The highest BCUT2D eigenvalue weighted by molar-refractivity contribution is 6.35. The molecule has 0 saturated heterocycles. The van der Waals surface area contributed by atoms with Crippen molar-refractivity contribution < 1.29 is 19.0 Å². The molecule has 3 rings (SSSR count). The first-order valence-corrected chi connectivity index (χ1v) is 9.82. The first kappa shape index (κ1) is 21.7. The number of hydrogen-bond acceptors (Lipinski definition) is 5. The maximum Gasteiger partial charge on any atom is 0.352 e. The summed E-state index contributed by atoms with van der Waals surface area (Å²) in [5.74, 6) is 0.460. The molecule has 0 saturated carbocycles. The second kappa shape index (κ2) is 10.1. The van der Waals surface area contributed by atoms with Crippen molar-refractivity contribution in [2.45, 2.75) is 13.0 Å². The molecule has 0 aliphatic rings. The summed E-state index contributed by atoms with van der Waals surface area (Å²) >= 11 is 12.0. The first-order valence-electron chi connectivity index (χ1n) is 9.07. The first-order chi connectivity index (χ1) is 14.5. The lowest BCUT2D eigenvalue weighted by molar-refractivity contribution is -0.141. The van der Waals surface area contributed by atoms with E-state index >= 15 is 0 Å². The molecular weight excluding hydrogens is 425 g/mol. The van der Waals surface area contributed by atoms with Gasteiger partial charge in [-0.2, -0.15) is 0 Å². The Bertz CT molecular complexity index is 1050. The molecule has 5 nitrogen and oxygen atoms in total. The Morgan fingerprint density at radius 3 is 2.50 bits per heavy atom. The van der Waals surface area contributed by atoms with E-state index < -0.39 is 12.1 Å². The topological polar surface area (TPSA) is 57.7 Å². The number of pyridine rings is 1. The zero-order chi connectivity index (χ0) is 21.5. The van der Waals surface area contributed by atoms with Gasteiger partial charge < -0.3 is 14.2 Å². The molecule has 7 heteroatoms. The maximum absolute atomic E-state index is 12.5. The zero-order valence-corrected chi connectivity index (χ0v) is 17.9. The van der Waals surface area contributed by atoms with Gasteiger partial charge in [0.2, 0.25) is 0 Å². The fourth-order valence-electron chi connectivity index (χ4n) is 2.53. The highest BCUT2D eigenvalue weighted by Gasteiger charge is 2.20. The molecule has 0 bridgehead atoms. The Morgan fingerprint density at radius 2 is 1.80 bits per heavy atom. The van der Waals surface area contributed by atoms with Crippen LogP contribution in [0.25, 0.3) is 12.2 Å². The third-order valence-electron chi connectivity index (χ3n) is 4.06. The summed E-state index contributed by atoms with van der Waals surface area (Å²) in [5.41, 5.74) is 1.70. The zero-order valence-electron chi connectivity index (χ0n) is 16.3. The summed E-state index contributed by atoms with van der Waals surface area (Å²) in [6, 6.07) is 15.7. The Kier molecular flexibility index (Phi) is 7.33. The number of esters is 1. The van der Waals surface area contributed by atoms with Crippen LogP contribution in [0.1, 0.15) is 18.2 Å². The number of aromatic nitrogens is 1. The van der Waals surface area contributed by atoms with Crippen LogP contribution in [-0.2, 0) is 4.79 Å². The van der Waals surface area contributed by atoms with Gasteiger partial charge in [-0.25, -0.2) is 4.79 Å². The number of hydrogen-bond donors (Lipinski definition) is 0. The van der Waals surface area contributed by atoms with Crippen LogP contribution >= 0.6 is 23.2 Å². The molecule has 0 fully saturated rings. The highest BCUT2D eigenvalue weighted by atomic mass is 35.5. The minimum absolute atomic E-state index is 0.287. The van der Waals surface area contributed by atoms with E-state index in [1.165, 1.54) is 13.2 Å². The molecule has 2 aromatic carbocycles. The number of carbonyl (C=O) groups excluding carboxylic acids is 1. The number of carbonyl (C=O) groups is 1. The number of nitrogens with zero attached hydrogens (tertiary/aromatic N) is 1.